The maximum Gasteiger partial charge on any atom is 0.152 e. The van der Waals surface area contributed by atoms with Gasteiger partial charge in [0.1, 0.15) is 23.8 Å². The molecule has 0 spiro atoms. The zero-order chi connectivity index (χ0) is 14.8. The summed E-state index contributed by atoms with van der Waals surface area (Å²) >= 11 is 0. The Labute approximate surface area is 123 Å². The molecule has 0 atom stereocenters. The zero-order valence-electron chi connectivity index (χ0n) is 12.3. The van der Waals surface area contributed by atoms with Crippen LogP contribution in [0.1, 0.15) is 36.0 Å². The quantitative estimate of drug-likeness (QED) is 0.531. The molecule has 4 N–H and O–H groups in total. The number of rotatable bonds is 6. The first-order valence-corrected chi connectivity index (χ1v) is 7.11. The Morgan fingerprint density at radius 2 is 2.10 bits per heavy atom. The molecule has 0 amide bonds. The van der Waals surface area contributed by atoms with Crippen molar-refractivity contribution in [2.75, 3.05) is 17.3 Å². The molecule has 0 bridgehead atoms. The molecule has 2 aromatic heterocycles. The number of nitrogen functional groups attached to an aromatic ring is 1. The lowest BCUT2D eigenvalue weighted by molar-refractivity contribution is 0.741. The van der Waals surface area contributed by atoms with Crippen molar-refractivity contribution < 1.29 is 0 Å². The van der Waals surface area contributed by atoms with E-state index in [9.17, 15) is 0 Å². The zero-order valence-corrected chi connectivity index (χ0v) is 12.3. The van der Waals surface area contributed by atoms with Crippen LogP contribution in [0, 0.1) is 6.92 Å². The van der Waals surface area contributed by atoms with Crippen molar-refractivity contribution in [3.05, 3.63) is 23.5 Å². The van der Waals surface area contributed by atoms with Crippen molar-refractivity contribution in [1.82, 2.24) is 24.7 Å². The van der Waals surface area contributed by atoms with Gasteiger partial charge >= 0.3 is 0 Å². The number of nitrogens with one attached hydrogen (secondary N) is 2. The topological polar surface area (TPSA) is 107 Å². The maximum atomic E-state index is 5.54. The summed E-state index contributed by atoms with van der Waals surface area (Å²) in [4.78, 5) is 13.3. The molecule has 1 aliphatic rings. The SMILES string of the molecule is Cc1c(NN)nc(C2CC2)nc1NCCc1ncn(C)n1. The molecule has 2 heterocycles. The minimum atomic E-state index is 0.482. The average Bonchev–Trinajstić information content (AvgIpc) is 3.24. The molecular weight excluding hydrogens is 268 g/mol. The fourth-order valence-corrected chi connectivity index (χ4v) is 2.16. The summed E-state index contributed by atoms with van der Waals surface area (Å²) in [6.45, 7) is 2.67. The lowest BCUT2D eigenvalue weighted by Gasteiger charge is -2.13. The second-order valence-corrected chi connectivity index (χ2v) is 5.33. The Morgan fingerprint density at radius 1 is 1.33 bits per heavy atom. The molecular formula is C13H20N8. The second-order valence-electron chi connectivity index (χ2n) is 5.33. The fourth-order valence-electron chi connectivity index (χ4n) is 2.16. The molecule has 0 aliphatic heterocycles. The molecule has 0 unspecified atom stereocenters. The molecule has 0 saturated heterocycles. The lowest BCUT2D eigenvalue weighted by Crippen LogP contribution is -2.16. The Bertz CT molecular complexity index is 631. The van der Waals surface area contributed by atoms with E-state index in [0.29, 0.717) is 11.7 Å². The van der Waals surface area contributed by atoms with E-state index in [2.05, 4.69) is 30.8 Å². The van der Waals surface area contributed by atoms with Crippen LogP contribution < -0.4 is 16.6 Å². The summed E-state index contributed by atoms with van der Waals surface area (Å²) in [6.07, 6.45) is 4.76. The van der Waals surface area contributed by atoms with Crippen LogP contribution in [0.3, 0.4) is 0 Å². The number of hydrogen-bond acceptors (Lipinski definition) is 7. The Morgan fingerprint density at radius 3 is 2.71 bits per heavy atom. The molecule has 112 valence electrons. The highest BCUT2D eigenvalue weighted by Gasteiger charge is 2.28. The first-order valence-electron chi connectivity index (χ1n) is 7.11. The van der Waals surface area contributed by atoms with Gasteiger partial charge in [-0.2, -0.15) is 5.10 Å². The highest BCUT2D eigenvalue weighted by molar-refractivity contribution is 5.57. The molecule has 1 fully saturated rings. The third kappa shape index (κ3) is 3.10. The predicted molar refractivity (Wildman–Crippen MR) is 79.8 cm³/mol. The van der Waals surface area contributed by atoms with E-state index in [1.165, 1.54) is 0 Å². The van der Waals surface area contributed by atoms with Gasteiger partial charge in [0.15, 0.2) is 5.82 Å². The highest BCUT2D eigenvalue weighted by atomic mass is 15.3. The van der Waals surface area contributed by atoms with E-state index in [1.807, 2.05) is 14.0 Å². The van der Waals surface area contributed by atoms with Crippen molar-refractivity contribution in [3.8, 4) is 0 Å². The van der Waals surface area contributed by atoms with E-state index in [0.717, 1.165) is 48.8 Å². The molecule has 21 heavy (non-hydrogen) atoms. The van der Waals surface area contributed by atoms with Crippen molar-refractivity contribution in [2.24, 2.45) is 12.9 Å². The first kappa shape index (κ1) is 13.7. The number of anilines is 2. The summed E-state index contributed by atoms with van der Waals surface area (Å²) in [5.41, 5.74) is 3.58. The Hall–Kier alpha value is -2.22. The van der Waals surface area contributed by atoms with Crippen molar-refractivity contribution in [3.63, 3.8) is 0 Å². The molecule has 3 rings (SSSR count). The summed E-state index contributed by atoms with van der Waals surface area (Å²) in [7, 11) is 1.86. The number of aryl methyl sites for hydroxylation is 1. The summed E-state index contributed by atoms with van der Waals surface area (Å²) < 4.78 is 1.70. The van der Waals surface area contributed by atoms with Crippen LogP contribution in [0.5, 0.6) is 0 Å². The third-order valence-electron chi connectivity index (χ3n) is 3.53. The van der Waals surface area contributed by atoms with Crippen molar-refractivity contribution >= 4 is 11.6 Å². The molecule has 2 aromatic rings. The summed E-state index contributed by atoms with van der Waals surface area (Å²) in [5, 5.41) is 7.59. The average molecular weight is 288 g/mol. The van der Waals surface area contributed by atoms with Crippen LogP contribution in [-0.2, 0) is 13.5 Å². The van der Waals surface area contributed by atoms with Crippen LogP contribution >= 0.6 is 0 Å². The van der Waals surface area contributed by atoms with E-state index >= 15 is 0 Å². The van der Waals surface area contributed by atoms with Gasteiger partial charge in [-0.25, -0.2) is 20.8 Å². The van der Waals surface area contributed by atoms with Gasteiger partial charge in [0.05, 0.1) is 0 Å². The molecule has 1 aliphatic carbocycles. The predicted octanol–water partition coefficient (Wildman–Crippen LogP) is 0.731. The maximum absolute atomic E-state index is 5.54. The van der Waals surface area contributed by atoms with Crippen LogP contribution in [-0.4, -0.2) is 31.3 Å². The number of nitrogens with zero attached hydrogens (tertiary/aromatic N) is 5. The van der Waals surface area contributed by atoms with Crippen LogP contribution in [0.2, 0.25) is 0 Å². The fraction of sp³-hybridized carbons (Fsp3) is 0.538. The monoisotopic (exact) mass is 288 g/mol. The van der Waals surface area contributed by atoms with Gasteiger partial charge in [0, 0.05) is 31.5 Å². The number of hydrogen-bond donors (Lipinski definition) is 3. The number of nitrogens with two attached hydrogens (primary N) is 1. The standard InChI is InChI=1S/C13H20N8/c1-8-11(15-6-5-10-16-7-21(2)20-10)17-13(9-3-4-9)18-12(8)19-14/h7,9H,3-6,14H2,1-2H3,(H2,15,17,18,19). The lowest BCUT2D eigenvalue weighted by atomic mass is 10.2. The van der Waals surface area contributed by atoms with E-state index < -0.39 is 0 Å². The van der Waals surface area contributed by atoms with Crippen molar-refractivity contribution in [2.45, 2.75) is 32.1 Å². The van der Waals surface area contributed by atoms with Crippen LogP contribution in [0.4, 0.5) is 11.6 Å². The van der Waals surface area contributed by atoms with Gasteiger partial charge in [0.25, 0.3) is 0 Å². The minimum Gasteiger partial charge on any atom is -0.369 e. The number of hydrazine groups is 1. The van der Waals surface area contributed by atoms with Gasteiger partial charge in [0.2, 0.25) is 0 Å². The minimum absolute atomic E-state index is 0.482. The normalized spacial score (nSPS) is 14.2. The molecule has 0 aromatic carbocycles. The molecule has 0 radical (unpaired) electrons. The van der Waals surface area contributed by atoms with Crippen LogP contribution in [0.15, 0.2) is 6.33 Å². The Balaban J connectivity index is 1.70. The second kappa shape index (κ2) is 5.65. The van der Waals surface area contributed by atoms with Gasteiger partial charge in [-0.15, -0.1) is 0 Å². The van der Waals surface area contributed by atoms with E-state index in [-0.39, 0.29) is 0 Å². The van der Waals surface area contributed by atoms with Gasteiger partial charge in [-0.3, -0.25) is 4.68 Å². The molecule has 8 nitrogen and oxygen atoms in total. The smallest absolute Gasteiger partial charge is 0.152 e. The molecule has 8 heteroatoms. The van der Waals surface area contributed by atoms with Gasteiger partial charge in [-0.1, -0.05) is 0 Å². The van der Waals surface area contributed by atoms with E-state index in [4.69, 9.17) is 5.84 Å². The Kier molecular flexibility index (Phi) is 3.70. The van der Waals surface area contributed by atoms with Gasteiger partial charge in [-0.05, 0) is 19.8 Å². The van der Waals surface area contributed by atoms with E-state index in [1.54, 1.807) is 11.0 Å². The number of aromatic nitrogens is 5. The molecule has 1 saturated carbocycles. The van der Waals surface area contributed by atoms with Crippen LogP contribution in [0.25, 0.3) is 0 Å². The van der Waals surface area contributed by atoms with Gasteiger partial charge < -0.3 is 10.7 Å². The summed E-state index contributed by atoms with van der Waals surface area (Å²) in [6, 6.07) is 0. The third-order valence-corrected chi connectivity index (χ3v) is 3.53. The first-order chi connectivity index (χ1) is 10.2. The van der Waals surface area contributed by atoms with Crippen molar-refractivity contribution in [1.29, 1.82) is 0 Å². The highest BCUT2D eigenvalue weighted by Crippen LogP contribution is 2.39. The largest absolute Gasteiger partial charge is 0.369 e. The summed E-state index contributed by atoms with van der Waals surface area (Å²) in [5.74, 6) is 9.22.